The number of hydrogen-bond acceptors (Lipinski definition) is 4. The van der Waals surface area contributed by atoms with Gasteiger partial charge >= 0.3 is 0 Å². The summed E-state index contributed by atoms with van der Waals surface area (Å²) in [4.78, 5) is 20.1. The molecule has 2 aromatic heterocycles. The van der Waals surface area contributed by atoms with Crippen LogP contribution in [0, 0.1) is 0 Å². The van der Waals surface area contributed by atoms with E-state index >= 15 is 0 Å². The minimum absolute atomic E-state index is 0.0501. The number of aryl methyl sites for hydroxylation is 1. The van der Waals surface area contributed by atoms with E-state index in [9.17, 15) is 4.79 Å². The van der Waals surface area contributed by atoms with Gasteiger partial charge in [-0.25, -0.2) is 4.98 Å². The number of amides is 1. The summed E-state index contributed by atoms with van der Waals surface area (Å²) in [6.07, 6.45) is 8.78. The fraction of sp³-hybridized carbons (Fsp3) is 0.273. The molecule has 1 saturated heterocycles. The van der Waals surface area contributed by atoms with Gasteiger partial charge in [-0.05, 0) is 28.3 Å². The van der Waals surface area contributed by atoms with E-state index in [-0.39, 0.29) is 5.91 Å². The quantitative estimate of drug-likeness (QED) is 0.218. The van der Waals surface area contributed by atoms with Gasteiger partial charge in [0.25, 0.3) is 5.91 Å². The van der Waals surface area contributed by atoms with Gasteiger partial charge in [-0.15, -0.1) is 0 Å². The second-order valence-electron chi connectivity index (χ2n) is 10.2. The summed E-state index contributed by atoms with van der Waals surface area (Å²) >= 11 is 0. The molecule has 1 fully saturated rings. The maximum absolute atomic E-state index is 13.7. The van der Waals surface area contributed by atoms with Crippen LogP contribution in [-0.4, -0.2) is 57.8 Å². The van der Waals surface area contributed by atoms with E-state index in [1.165, 1.54) is 5.56 Å². The van der Waals surface area contributed by atoms with Gasteiger partial charge < -0.3 is 23.5 Å². The third kappa shape index (κ3) is 5.86. The van der Waals surface area contributed by atoms with Crippen LogP contribution in [0.1, 0.15) is 28.0 Å². The molecule has 0 atom stereocenters. The van der Waals surface area contributed by atoms with Crippen LogP contribution in [-0.2, 0) is 29.2 Å². The molecule has 0 saturated carbocycles. The van der Waals surface area contributed by atoms with Crippen molar-refractivity contribution in [3.63, 3.8) is 0 Å². The molecule has 0 bridgehead atoms. The second-order valence-corrected chi connectivity index (χ2v) is 10.2. The summed E-state index contributed by atoms with van der Waals surface area (Å²) in [6.45, 7) is 5.11. The molecule has 0 radical (unpaired) electrons. The van der Waals surface area contributed by atoms with Crippen molar-refractivity contribution < 1.29 is 14.3 Å². The molecule has 1 amide bonds. The standard InChI is InChI=1S/C33H34N4O3/c38-33(36-15-18-39-19-16-36)32-23-35(22-31(32)30-13-6-11-27-10-4-5-12-29(27)30)21-28-20-34-25-37(28)14-7-17-40-24-26-8-2-1-3-9-26/h1-6,8-13,20,22-23,25H,7,14-19,21,24H2. The lowest BCUT2D eigenvalue weighted by Crippen LogP contribution is -2.40. The molecule has 0 N–H and O–H groups in total. The minimum atomic E-state index is 0.0501. The van der Waals surface area contributed by atoms with Gasteiger partial charge in [-0.2, -0.15) is 0 Å². The first-order valence-corrected chi connectivity index (χ1v) is 13.9. The van der Waals surface area contributed by atoms with E-state index in [4.69, 9.17) is 9.47 Å². The molecule has 6 rings (SSSR count). The molecule has 1 aliphatic rings. The average molecular weight is 535 g/mol. The predicted octanol–water partition coefficient (Wildman–Crippen LogP) is 5.63. The number of rotatable bonds is 10. The van der Waals surface area contributed by atoms with Crippen molar-refractivity contribution in [3.8, 4) is 11.1 Å². The van der Waals surface area contributed by atoms with Crippen LogP contribution in [0.5, 0.6) is 0 Å². The van der Waals surface area contributed by atoms with E-state index in [0.717, 1.165) is 46.1 Å². The number of morpholine rings is 1. The van der Waals surface area contributed by atoms with Gasteiger partial charge in [0, 0.05) is 50.4 Å². The number of carbonyl (C=O) groups is 1. The second kappa shape index (κ2) is 12.3. The number of ether oxygens (including phenoxy) is 2. The third-order valence-corrected chi connectivity index (χ3v) is 7.43. The van der Waals surface area contributed by atoms with Crippen LogP contribution in [0.25, 0.3) is 21.9 Å². The Labute approximate surface area is 234 Å². The lowest BCUT2D eigenvalue weighted by atomic mass is 9.97. The molecule has 0 aliphatic carbocycles. The van der Waals surface area contributed by atoms with Crippen molar-refractivity contribution in [2.24, 2.45) is 0 Å². The number of aromatic nitrogens is 3. The predicted molar refractivity (Wildman–Crippen MR) is 156 cm³/mol. The van der Waals surface area contributed by atoms with E-state index < -0.39 is 0 Å². The van der Waals surface area contributed by atoms with Crippen LogP contribution >= 0.6 is 0 Å². The third-order valence-electron chi connectivity index (χ3n) is 7.43. The average Bonchev–Trinajstić information content (AvgIpc) is 3.64. The zero-order chi connectivity index (χ0) is 27.1. The maximum Gasteiger partial charge on any atom is 0.256 e. The van der Waals surface area contributed by atoms with Gasteiger partial charge in [-0.1, -0.05) is 72.8 Å². The van der Waals surface area contributed by atoms with Crippen LogP contribution in [0.15, 0.2) is 97.7 Å². The van der Waals surface area contributed by atoms with Crippen molar-refractivity contribution in [3.05, 3.63) is 115 Å². The van der Waals surface area contributed by atoms with Gasteiger partial charge in [0.1, 0.15) is 0 Å². The normalized spacial score (nSPS) is 13.7. The fourth-order valence-electron chi connectivity index (χ4n) is 5.35. The van der Waals surface area contributed by atoms with Crippen molar-refractivity contribution in [1.29, 1.82) is 0 Å². The van der Waals surface area contributed by atoms with E-state index in [1.807, 2.05) is 47.9 Å². The Balaban J connectivity index is 1.21. The van der Waals surface area contributed by atoms with E-state index in [2.05, 4.69) is 68.8 Å². The number of hydrogen-bond donors (Lipinski definition) is 0. The molecule has 5 aromatic rings. The van der Waals surface area contributed by atoms with Crippen LogP contribution in [0.3, 0.4) is 0 Å². The Bertz CT molecular complexity index is 1560. The Morgan fingerprint density at radius 3 is 2.58 bits per heavy atom. The molecule has 1 aliphatic heterocycles. The summed E-state index contributed by atoms with van der Waals surface area (Å²) in [5.74, 6) is 0.0501. The highest BCUT2D eigenvalue weighted by molar-refractivity contribution is 6.06. The fourth-order valence-corrected chi connectivity index (χ4v) is 5.35. The number of carbonyl (C=O) groups excluding carboxylic acids is 1. The Morgan fingerprint density at radius 1 is 0.900 bits per heavy atom. The Morgan fingerprint density at radius 2 is 1.70 bits per heavy atom. The van der Waals surface area contributed by atoms with Crippen molar-refractivity contribution >= 4 is 16.7 Å². The molecule has 204 valence electrons. The summed E-state index contributed by atoms with van der Waals surface area (Å²) in [7, 11) is 0. The van der Waals surface area contributed by atoms with Gasteiger partial charge in [0.05, 0.1) is 44.0 Å². The first-order chi connectivity index (χ1) is 19.8. The van der Waals surface area contributed by atoms with Crippen molar-refractivity contribution in [2.45, 2.75) is 26.1 Å². The highest BCUT2D eigenvalue weighted by atomic mass is 16.5. The number of imidazole rings is 1. The lowest BCUT2D eigenvalue weighted by Gasteiger charge is -2.27. The summed E-state index contributed by atoms with van der Waals surface area (Å²) in [5, 5.41) is 2.30. The van der Waals surface area contributed by atoms with Gasteiger partial charge in [-0.3, -0.25) is 4.79 Å². The van der Waals surface area contributed by atoms with Crippen molar-refractivity contribution in [2.75, 3.05) is 32.9 Å². The summed E-state index contributed by atoms with van der Waals surface area (Å²) in [6, 6.07) is 24.9. The van der Waals surface area contributed by atoms with Gasteiger partial charge in [0.2, 0.25) is 0 Å². The lowest BCUT2D eigenvalue weighted by molar-refractivity contribution is 0.0303. The largest absolute Gasteiger partial charge is 0.378 e. The van der Waals surface area contributed by atoms with E-state index in [0.29, 0.717) is 46.1 Å². The van der Waals surface area contributed by atoms with Crippen LogP contribution < -0.4 is 0 Å². The number of benzene rings is 3. The molecule has 3 aromatic carbocycles. The highest BCUT2D eigenvalue weighted by Gasteiger charge is 2.24. The van der Waals surface area contributed by atoms with Crippen LogP contribution in [0.4, 0.5) is 0 Å². The van der Waals surface area contributed by atoms with E-state index in [1.54, 1.807) is 0 Å². The topological polar surface area (TPSA) is 61.5 Å². The smallest absolute Gasteiger partial charge is 0.256 e. The maximum atomic E-state index is 13.7. The Kier molecular flexibility index (Phi) is 8.02. The molecular weight excluding hydrogens is 500 g/mol. The molecule has 0 unspecified atom stereocenters. The van der Waals surface area contributed by atoms with Crippen molar-refractivity contribution in [1.82, 2.24) is 19.0 Å². The number of fused-ring (bicyclic) bond motifs is 1. The summed E-state index contributed by atoms with van der Waals surface area (Å²) < 4.78 is 15.7. The minimum Gasteiger partial charge on any atom is -0.378 e. The molecule has 0 spiro atoms. The molecule has 7 heteroatoms. The summed E-state index contributed by atoms with van der Waals surface area (Å²) in [5.41, 5.74) is 5.01. The molecular formula is C33H34N4O3. The monoisotopic (exact) mass is 534 g/mol. The first-order valence-electron chi connectivity index (χ1n) is 13.9. The zero-order valence-electron chi connectivity index (χ0n) is 22.6. The number of nitrogens with zero attached hydrogens (tertiary/aromatic N) is 4. The Hall–Kier alpha value is -4.20. The molecule has 40 heavy (non-hydrogen) atoms. The van der Waals surface area contributed by atoms with Gasteiger partial charge in [0.15, 0.2) is 0 Å². The first kappa shape index (κ1) is 26.0. The zero-order valence-corrected chi connectivity index (χ0v) is 22.6. The molecule has 3 heterocycles. The highest BCUT2D eigenvalue weighted by Crippen LogP contribution is 2.33. The SMILES string of the molecule is O=C(c1cn(Cc2cncn2CCCOCc2ccccc2)cc1-c1cccc2ccccc12)N1CCOCC1. The molecule has 7 nitrogen and oxygen atoms in total. The van der Waals surface area contributed by atoms with Crippen LogP contribution in [0.2, 0.25) is 0 Å².